The summed E-state index contributed by atoms with van der Waals surface area (Å²) >= 11 is 6.10. The predicted molar refractivity (Wildman–Crippen MR) is 103 cm³/mol. The van der Waals surface area contributed by atoms with Gasteiger partial charge in [-0.25, -0.2) is 0 Å². The third-order valence-corrected chi connectivity index (χ3v) is 5.04. The van der Waals surface area contributed by atoms with Crippen LogP contribution in [0, 0.1) is 5.92 Å². The van der Waals surface area contributed by atoms with Crippen LogP contribution in [0.15, 0.2) is 36.4 Å². The number of aromatic nitrogens is 1. The first-order chi connectivity index (χ1) is 11.9. The maximum atomic E-state index is 12.5. The molecule has 1 amide bonds. The number of hydrogen-bond acceptors (Lipinski definition) is 2. The van der Waals surface area contributed by atoms with Crippen molar-refractivity contribution in [2.45, 2.75) is 32.7 Å². The molecule has 132 valence electrons. The Hall–Kier alpha value is -2.04. The van der Waals surface area contributed by atoms with Crippen molar-refractivity contribution in [2.75, 3.05) is 6.61 Å². The molecule has 1 unspecified atom stereocenters. The van der Waals surface area contributed by atoms with Crippen molar-refractivity contribution < 1.29 is 9.90 Å². The van der Waals surface area contributed by atoms with Gasteiger partial charge in [0.2, 0.25) is 5.91 Å². The molecule has 25 heavy (non-hydrogen) atoms. The molecule has 2 atom stereocenters. The summed E-state index contributed by atoms with van der Waals surface area (Å²) in [6, 6.07) is 11.5. The number of nitrogens with one attached hydrogen (secondary N) is 2. The van der Waals surface area contributed by atoms with Gasteiger partial charge in [-0.3, -0.25) is 4.79 Å². The van der Waals surface area contributed by atoms with Crippen LogP contribution in [0.2, 0.25) is 5.02 Å². The van der Waals surface area contributed by atoms with Gasteiger partial charge in [0.25, 0.3) is 0 Å². The fraction of sp³-hybridized carbons (Fsp3) is 0.350. The number of aromatic amines is 1. The minimum Gasteiger partial charge on any atom is -0.394 e. The van der Waals surface area contributed by atoms with Crippen LogP contribution in [0.25, 0.3) is 21.8 Å². The van der Waals surface area contributed by atoms with Crippen molar-refractivity contribution in [3.8, 4) is 0 Å². The highest BCUT2D eigenvalue weighted by Gasteiger charge is 2.21. The van der Waals surface area contributed by atoms with Crippen LogP contribution >= 0.6 is 11.6 Å². The van der Waals surface area contributed by atoms with Gasteiger partial charge in [0.1, 0.15) is 0 Å². The van der Waals surface area contributed by atoms with Crippen LogP contribution in [-0.4, -0.2) is 28.6 Å². The average Bonchev–Trinajstić information content (AvgIpc) is 2.95. The summed E-state index contributed by atoms with van der Waals surface area (Å²) in [5, 5.41) is 15.2. The van der Waals surface area contributed by atoms with Crippen molar-refractivity contribution in [3.63, 3.8) is 0 Å². The fourth-order valence-corrected chi connectivity index (χ4v) is 3.22. The zero-order valence-corrected chi connectivity index (χ0v) is 15.4. The summed E-state index contributed by atoms with van der Waals surface area (Å²) < 4.78 is 0. The number of aliphatic hydroxyl groups excluding tert-OH is 1. The molecule has 0 aliphatic heterocycles. The highest BCUT2D eigenvalue weighted by Crippen LogP contribution is 2.30. The Morgan fingerprint density at radius 2 is 1.88 bits per heavy atom. The monoisotopic (exact) mass is 358 g/mol. The molecule has 3 aromatic rings. The van der Waals surface area contributed by atoms with Gasteiger partial charge in [-0.2, -0.15) is 0 Å². The molecule has 3 N–H and O–H groups in total. The quantitative estimate of drug-likeness (QED) is 0.639. The Labute approximate surface area is 152 Å². The summed E-state index contributed by atoms with van der Waals surface area (Å²) in [5.74, 6) is -0.194. The minimum atomic E-state index is -0.299. The van der Waals surface area contributed by atoms with Crippen LogP contribution in [-0.2, 0) is 4.79 Å². The number of H-pyrrole nitrogens is 1. The van der Waals surface area contributed by atoms with Gasteiger partial charge in [0.05, 0.1) is 18.6 Å². The second kappa shape index (κ2) is 7.06. The van der Waals surface area contributed by atoms with E-state index >= 15 is 0 Å². The van der Waals surface area contributed by atoms with E-state index in [0.29, 0.717) is 5.02 Å². The third-order valence-electron chi connectivity index (χ3n) is 4.81. The number of hydrogen-bond donors (Lipinski definition) is 3. The molecule has 4 nitrogen and oxygen atoms in total. The second-order valence-electron chi connectivity index (χ2n) is 6.88. The summed E-state index contributed by atoms with van der Waals surface area (Å²) in [4.78, 5) is 15.9. The largest absolute Gasteiger partial charge is 0.394 e. The maximum Gasteiger partial charge on any atom is 0.227 e. The van der Waals surface area contributed by atoms with Gasteiger partial charge in [-0.15, -0.1) is 0 Å². The normalized spacial score (nSPS) is 14.2. The Kier molecular flexibility index (Phi) is 5.02. The van der Waals surface area contributed by atoms with E-state index < -0.39 is 0 Å². The first-order valence-corrected chi connectivity index (χ1v) is 8.90. The Morgan fingerprint density at radius 1 is 1.12 bits per heavy atom. The molecule has 1 heterocycles. The average molecular weight is 359 g/mol. The van der Waals surface area contributed by atoms with E-state index in [1.807, 2.05) is 57.2 Å². The number of amides is 1. The standard InChI is InChI=1S/C20H23ClN2O2/c1-11(2)19(10-24)23-20(25)12(3)13-4-6-15-16-9-14(21)5-7-17(16)22-18(15)8-13/h4-9,11-12,19,22,24H,10H2,1-3H3,(H,23,25)/t12?,19-/m1/s1. The van der Waals surface area contributed by atoms with Gasteiger partial charge < -0.3 is 15.4 Å². The van der Waals surface area contributed by atoms with Crippen LogP contribution < -0.4 is 5.32 Å². The zero-order valence-electron chi connectivity index (χ0n) is 14.6. The third kappa shape index (κ3) is 3.51. The number of carbonyl (C=O) groups is 1. The molecule has 0 aliphatic rings. The molecule has 0 aliphatic carbocycles. The molecule has 1 aromatic heterocycles. The summed E-state index contributed by atoms with van der Waals surface area (Å²) in [6.07, 6.45) is 0. The number of benzene rings is 2. The van der Waals surface area contributed by atoms with E-state index in [0.717, 1.165) is 27.4 Å². The van der Waals surface area contributed by atoms with E-state index in [9.17, 15) is 9.90 Å². The molecule has 2 aromatic carbocycles. The number of carbonyl (C=O) groups excluding carboxylic acids is 1. The molecule has 0 fully saturated rings. The van der Waals surface area contributed by atoms with E-state index in [-0.39, 0.29) is 30.4 Å². The van der Waals surface area contributed by atoms with E-state index in [2.05, 4.69) is 10.3 Å². The van der Waals surface area contributed by atoms with Gasteiger partial charge in [0, 0.05) is 26.8 Å². The number of aliphatic hydroxyl groups is 1. The SMILES string of the molecule is CC(C(=O)N[C@H](CO)C(C)C)c1ccc2c(c1)[nH]c1ccc(Cl)cc12. The Bertz CT molecular complexity index is 917. The molecule has 3 rings (SSSR count). The van der Waals surface area contributed by atoms with E-state index in [1.165, 1.54) is 0 Å². The Balaban J connectivity index is 1.90. The first kappa shape index (κ1) is 17.8. The van der Waals surface area contributed by atoms with Crippen LogP contribution in [0.5, 0.6) is 0 Å². The van der Waals surface area contributed by atoms with Crippen molar-refractivity contribution in [3.05, 3.63) is 47.0 Å². The zero-order chi connectivity index (χ0) is 18.1. The molecular formula is C20H23ClN2O2. The second-order valence-corrected chi connectivity index (χ2v) is 7.32. The Morgan fingerprint density at radius 3 is 2.56 bits per heavy atom. The van der Waals surface area contributed by atoms with Crippen molar-refractivity contribution in [2.24, 2.45) is 5.92 Å². The lowest BCUT2D eigenvalue weighted by atomic mass is 9.97. The van der Waals surface area contributed by atoms with Gasteiger partial charge >= 0.3 is 0 Å². The molecule has 0 bridgehead atoms. The predicted octanol–water partition coefficient (Wildman–Crippen LogP) is 4.21. The molecule has 0 spiro atoms. The minimum absolute atomic E-state index is 0.0576. The molecule has 0 saturated heterocycles. The smallest absolute Gasteiger partial charge is 0.227 e. The van der Waals surface area contributed by atoms with Crippen LogP contribution in [0.1, 0.15) is 32.3 Å². The number of fused-ring (bicyclic) bond motifs is 3. The summed E-state index contributed by atoms with van der Waals surface area (Å²) in [7, 11) is 0. The van der Waals surface area contributed by atoms with E-state index in [1.54, 1.807) is 0 Å². The highest BCUT2D eigenvalue weighted by atomic mass is 35.5. The van der Waals surface area contributed by atoms with Crippen LogP contribution in [0.4, 0.5) is 0 Å². The first-order valence-electron chi connectivity index (χ1n) is 8.53. The van der Waals surface area contributed by atoms with Crippen LogP contribution in [0.3, 0.4) is 0 Å². The number of rotatable bonds is 5. The topological polar surface area (TPSA) is 65.1 Å². The molecular weight excluding hydrogens is 336 g/mol. The van der Waals surface area contributed by atoms with Crippen molar-refractivity contribution in [1.29, 1.82) is 0 Å². The highest BCUT2D eigenvalue weighted by molar-refractivity contribution is 6.31. The molecule has 0 radical (unpaired) electrons. The lowest BCUT2D eigenvalue weighted by molar-refractivity contribution is -0.123. The summed E-state index contributed by atoms with van der Waals surface area (Å²) in [6.45, 7) is 5.78. The summed E-state index contributed by atoms with van der Waals surface area (Å²) in [5.41, 5.74) is 2.94. The maximum absolute atomic E-state index is 12.5. The number of halogens is 1. The molecule has 0 saturated carbocycles. The van der Waals surface area contributed by atoms with Crippen molar-refractivity contribution >= 4 is 39.3 Å². The lowest BCUT2D eigenvalue weighted by Crippen LogP contribution is -2.42. The van der Waals surface area contributed by atoms with Crippen molar-refractivity contribution in [1.82, 2.24) is 10.3 Å². The fourth-order valence-electron chi connectivity index (χ4n) is 3.05. The van der Waals surface area contributed by atoms with E-state index in [4.69, 9.17) is 11.6 Å². The van der Waals surface area contributed by atoms with Gasteiger partial charge in [-0.1, -0.05) is 37.6 Å². The van der Waals surface area contributed by atoms with Gasteiger partial charge in [0.15, 0.2) is 0 Å². The van der Waals surface area contributed by atoms with Gasteiger partial charge in [-0.05, 0) is 42.7 Å². The molecule has 5 heteroatoms. The lowest BCUT2D eigenvalue weighted by Gasteiger charge is -2.22.